The Bertz CT molecular complexity index is 291. The highest BCUT2D eigenvalue weighted by Gasteiger charge is 2.53. The monoisotopic (exact) mass is 225 g/mol. The molecule has 0 aromatic heterocycles. The lowest BCUT2D eigenvalue weighted by atomic mass is 10.00. The second-order valence-corrected chi connectivity index (χ2v) is 5.04. The van der Waals surface area contributed by atoms with Crippen molar-refractivity contribution in [2.24, 2.45) is 17.8 Å². The van der Waals surface area contributed by atoms with E-state index in [-0.39, 0.29) is 36.3 Å². The third kappa shape index (κ3) is 1.56. The molecule has 1 saturated heterocycles. The molecule has 4 nitrogen and oxygen atoms in total. The first kappa shape index (κ1) is 11.6. The molecule has 0 aromatic rings. The molecule has 0 bridgehead atoms. The zero-order chi connectivity index (χ0) is 11.9. The maximum atomic E-state index is 12.1. The van der Waals surface area contributed by atoms with Crippen molar-refractivity contribution in [3.8, 4) is 0 Å². The number of likely N-dealkylation sites (tertiary alicyclic amines) is 1. The van der Waals surface area contributed by atoms with E-state index in [0.717, 1.165) is 19.3 Å². The second kappa shape index (κ2) is 4.17. The molecule has 2 rings (SSSR count). The lowest BCUT2D eigenvalue weighted by Crippen LogP contribution is -2.41. The number of carbonyl (C=O) groups excluding carboxylic acids is 2. The van der Waals surface area contributed by atoms with Crippen molar-refractivity contribution >= 4 is 11.8 Å². The number of aliphatic hydroxyl groups excluding tert-OH is 1. The summed E-state index contributed by atoms with van der Waals surface area (Å²) in [6.45, 7) is 3.68. The van der Waals surface area contributed by atoms with Crippen molar-refractivity contribution in [1.29, 1.82) is 0 Å². The molecule has 90 valence electrons. The Kier molecular flexibility index (Phi) is 3.02. The van der Waals surface area contributed by atoms with Gasteiger partial charge in [0, 0.05) is 0 Å². The Hall–Kier alpha value is -0.900. The van der Waals surface area contributed by atoms with Crippen LogP contribution in [-0.4, -0.2) is 34.5 Å². The molecule has 4 heteroatoms. The fraction of sp³-hybridized carbons (Fsp3) is 0.833. The molecule has 1 aliphatic carbocycles. The van der Waals surface area contributed by atoms with Gasteiger partial charge in [-0.15, -0.1) is 0 Å². The van der Waals surface area contributed by atoms with Crippen LogP contribution < -0.4 is 0 Å². The van der Waals surface area contributed by atoms with Gasteiger partial charge >= 0.3 is 0 Å². The van der Waals surface area contributed by atoms with Crippen LogP contribution in [0.5, 0.6) is 0 Å². The van der Waals surface area contributed by atoms with E-state index in [4.69, 9.17) is 5.11 Å². The molecule has 2 unspecified atom stereocenters. The van der Waals surface area contributed by atoms with Crippen molar-refractivity contribution in [2.75, 3.05) is 6.61 Å². The Morgan fingerprint density at radius 1 is 1.31 bits per heavy atom. The summed E-state index contributed by atoms with van der Waals surface area (Å²) >= 11 is 0. The highest BCUT2D eigenvalue weighted by Crippen LogP contribution is 2.44. The van der Waals surface area contributed by atoms with Gasteiger partial charge in [-0.2, -0.15) is 0 Å². The van der Waals surface area contributed by atoms with Crippen molar-refractivity contribution in [3.05, 3.63) is 0 Å². The minimum Gasteiger partial charge on any atom is -0.394 e. The second-order valence-electron chi connectivity index (χ2n) is 5.04. The van der Waals surface area contributed by atoms with Gasteiger partial charge in [0.15, 0.2) is 0 Å². The number of nitrogens with zero attached hydrogens (tertiary/aromatic N) is 1. The Morgan fingerprint density at radius 2 is 1.81 bits per heavy atom. The molecule has 1 saturated carbocycles. The summed E-state index contributed by atoms with van der Waals surface area (Å²) in [7, 11) is 0. The van der Waals surface area contributed by atoms with E-state index in [1.807, 2.05) is 0 Å². The van der Waals surface area contributed by atoms with E-state index in [1.165, 1.54) is 4.90 Å². The summed E-state index contributed by atoms with van der Waals surface area (Å²) in [4.78, 5) is 25.4. The molecule has 3 atom stereocenters. The van der Waals surface area contributed by atoms with Crippen LogP contribution in [0.1, 0.15) is 33.1 Å². The molecule has 0 radical (unpaired) electrons. The van der Waals surface area contributed by atoms with Crippen LogP contribution in [0.15, 0.2) is 0 Å². The Morgan fingerprint density at radius 3 is 2.19 bits per heavy atom. The highest BCUT2D eigenvalue weighted by molar-refractivity contribution is 6.05. The number of imide groups is 1. The molecule has 0 spiro atoms. The first-order valence-corrected chi connectivity index (χ1v) is 6.07. The highest BCUT2D eigenvalue weighted by atomic mass is 16.3. The van der Waals surface area contributed by atoms with E-state index >= 15 is 0 Å². The lowest BCUT2D eigenvalue weighted by Gasteiger charge is -2.22. The fourth-order valence-corrected chi connectivity index (χ4v) is 3.00. The topological polar surface area (TPSA) is 57.6 Å². The van der Waals surface area contributed by atoms with Crippen LogP contribution in [0, 0.1) is 17.8 Å². The molecule has 1 aliphatic heterocycles. The van der Waals surface area contributed by atoms with Gasteiger partial charge in [0.2, 0.25) is 11.8 Å². The van der Waals surface area contributed by atoms with Gasteiger partial charge in [0.25, 0.3) is 0 Å². The van der Waals surface area contributed by atoms with Gasteiger partial charge in [0.05, 0.1) is 24.5 Å². The molecule has 1 heterocycles. The van der Waals surface area contributed by atoms with E-state index < -0.39 is 0 Å². The summed E-state index contributed by atoms with van der Waals surface area (Å²) in [5.74, 6) is 0.187. The zero-order valence-corrected chi connectivity index (χ0v) is 9.85. The smallest absolute Gasteiger partial charge is 0.233 e. The molecular weight excluding hydrogens is 206 g/mol. The van der Waals surface area contributed by atoms with Crippen LogP contribution in [0.25, 0.3) is 0 Å². The number of hydrogen-bond donors (Lipinski definition) is 1. The number of hydrogen-bond acceptors (Lipinski definition) is 3. The number of aliphatic hydroxyl groups is 1. The van der Waals surface area contributed by atoms with E-state index in [0.29, 0.717) is 5.92 Å². The van der Waals surface area contributed by atoms with Crippen LogP contribution in [0.4, 0.5) is 0 Å². The van der Waals surface area contributed by atoms with Crippen LogP contribution in [0.3, 0.4) is 0 Å². The number of amides is 2. The Balaban J connectivity index is 2.16. The van der Waals surface area contributed by atoms with E-state index in [9.17, 15) is 9.59 Å². The zero-order valence-electron chi connectivity index (χ0n) is 9.85. The van der Waals surface area contributed by atoms with Gasteiger partial charge in [-0.1, -0.05) is 13.3 Å². The van der Waals surface area contributed by atoms with Crippen LogP contribution >= 0.6 is 0 Å². The normalized spacial score (nSPS) is 35.7. The standard InChI is InChI=1S/C12H19NO3/c1-3-8-4-9-10(5-8)12(16)13(11(9)15)7(2)6-14/h7-10,14H,3-6H2,1-2H3/t7-,8?,9?,10?/m0/s1. The quantitative estimate of drug-likeness (QED) is 0.722. The molecule has 2 amide bonds. The third-order valence-electron chi connectivity index (χ3n) is 4.05. The van der Waals surface area contributed by atoms with Gasteiger partial charge in [-0.25, -0.2) is 0 Å². The average Bonchev–Trinajstić information content (AvgIpc) is 2.80. The van der Waals surface area contributed by atoms with Gasteiger partial charge < -0.3 is 5.11 Å². The van der Waals surface area contributed by atoms with Gasteiger partial charge in [0.1, 0.15) is 0 Å². The van der Waals surface area contributed by atoms with E-state index in [1.54, 1.807) is 6.92 Å². The SMILES string of the molecule is CCC1CC2C(=O)N([C@@H](C)CO)C(=O)C2C1. The number of rotatable bonds is 3. The maximum absolute atomic E-state index is 12.1. The third-order valence-corrected chi connectivity index (χ3v) is 4.05. The fourth-order valence-electron chi connectivity index (χ4n) is 3.00. The van der Waals surface area contributed by atoms with E-state index in [2.05, 4.69) is 6.92 Å². The summed E-state index contributed by atoms with van der Waals surface area (Å²) in [5.41, 5.74) is 0. The predicted molar refractivity (Wildman–Crippen MR) is 58.4 cm³/mol. The minimum atomic E-state index is -0.370. The first-order chi connectivity index (χ1) is 7.60. The summed E-state index contributed by atoms with van der Waals surface area (Å²) in [6, 6.07) is -0.370. The molecule has 0 aromatic carbocycles. The number of carbonyl (C=O) groups is 2. The average molecular weight is 225 g/mol. The summed E-state index contributed by atoms with van der Waals surface area (Å²) in [5, 5.41) is 9.05. The molecule has 16 heavy (non-hydrogen) atoms. The lowest BCUT2D eigenvalue weighted by molar-refractivity contribution is -0.143. The van der Waals surface area contributed by atoms with Crippen molar-refractivity contribution in [2.45, 2.75) is 39.2 Å². The van der Waals surface area contributed by atoms with Crippen molar-refractivity contribution in [1.82, 2.24) is 4.90 Å². The van der Waals surface area contributed by atoms with Gasteiger partial charge in [-0.05, 0) is 25.7 Å². The number of fused-ring (bicyclic) bond motifs is 1. The maximum Gasteiger partial charge on any atom is 0.233 e. The molecule has 2 aliphatic rings. The summed E-state index contributed by atoms with van der Waals surface area (Å²) in [6.07, 6.45) is 2.74. The van der Waals surface area contributed by atoms with Crippen LogP contribution in [0.2, 0.25) is 0 Å². The predicted octanol–water partition coefficient (Wildman–Crippen LogP) is 0.788. The largest absolute Gasteiger partial charge is 0.394 e. The van der Waals surface area contributed by atoms with Gasteiger partial charge in [-0.3, -0.25) is 14.5 Å². The molecule has 2 fully saturated rings. The van der Waals surface area contributed by atoms with Crippen molar-refractivity contribution < 1.29 is 14.7 Å². The van der Waals surface area contributed by atoms with Crippen molar-refractivity contribution in [3.63, 3.8) is 0 Å². The first-order valence-electron chi connectivity index (χ1n) is 6.07. The Labute approximate surface area is 95.6 Å². The molecule has 1 N–H and O–H groups in total. The minimum absolute atomic E-state index is 0.0625. The van der Waals surface area contributed by atoms with Crippen LogP contribution in [-0.2, 0) is 9.59 Å². The summed E-state index contributed by atoms with van der Waals surface area (Å²) < 4.78 is 0. The molecular formula is C12H19NO3.